The number of benzene rings is 2. The molecule has 0 aliphatic carbocycles. The lowest BCUT2D eigenvalue weighted by molar-refractivity contribution is -0.149. The summed E-state index contributed by atoms with van der Waals surface area (Å²) in [5, 5.41) is 0. The second-order valence-corrected chi connectivity index (χ2v) is 8.19. The van der Waals surface area contributed by atoms with Crippen LogP contribution in [-0.4, -0.2) is 40.7 Å². The third-order valence-corrected chi connectivity index (χ3v) is 6.13. The summed E-state index contributed by atoms with van der Waals surface area (Å²) in [5.41, 5.74) is 8.23. The molecule has 0 saturated carbocycles. The molecule has 3 unspecified atom stereocenters. The van der Waals surface area contributed by atoms with E-state index in [4.69, 9.17) is 5.73 Å². The van der Waals surface area contributed by atoms with Crippen molar-refractivity contribution < 1.29 is 9.59 Å². The molecule has 2 N–H and O–H groups in total. The van der Waals surface area contributed by atoms with E-state index < -0.39 is 0 Å². The van der Waals surface area contributed by atoms with Crippen molar-refractivity contribution in [2.75, 3.05) is 13.1 Å². The van der Waals surface area contributed by atoms with Crippen LogP contribution < -0.4 is 5.73 Å². The van der Waals surface area contributed by atoms with Gasteiger partial charge in [-0.25, -0.2) is 0 Å². The van der Waals surface area contributed by atoms with Crippen LogP contribution in [0.1, 0.15) is 42.9 Å². The van der Waals surface area contributed by atoms with E-state index in [1.807, 2.05) is 70.5 Å². The van der Waals surface area contributed by atoms with Crippen LogP contribution in [0.25, 0.3) is 0 Å². The Bertz CT molecular complexity index is 840. The SMILES string of the molecule is NC1CCCN(C(=O)C2CCC(=O)N(Cc3ccccc3)C2c2ccccc2)C1. The molecule has 2 aromatic rings. The molecule has 2 heterocycles. The summed E-state index contributed by atoms with van der Waals surface area (Å²) in [6.07, 6.45) is 2.91. The Balaban J connectivity index is 1.66. The van der Waals surface area contributed by atoms with Crippen LogP contribution in [-0.2, 0) is 16.1 Å². The lowest BCUT2D eigenvalue weighted by Crippen LogP contribution is -2.52. The summed E-state index contributed by atoms with van der Waals surface area (Å²) < 4.78 is 0. The zero-order valence-electron chi connectivity index (χ0n) is 16.7. The van der Waals surface area contributed by atoms with Crippen LogP contribution in [0.5, 0.6) is 0 Å². The van der Waals surface area contributed by atoms with Crippen molar-refractivity contribution in [3.05, 3.63) is 71.8 Å². The molecule has 2 aromatic carbocycles. The molecule has 2 saturated heterocycles. The molecule has 4 rings (SSSR count). The van der Waals surface area contributed by atoms with Crippen LogP contribution in [0.2, 0.25) is 0 Å². The predicted molar refractivity (Wildman–Crippen MR) is 113 cm³/mol. The van der Waals surface area contributed by atoms with E-state index in [-0.39, 0.29) is 29.8 Å². The van der Waals surface area contributed by atoms with Gasteiger partial charge in [-0.1, -0.05) is 60.7 Å². The molecule has 2 aliphatic rings. The van der Waals surface area contributed by atoms with Crippen LogP contribution in [0.4, 0.5) is 0 Å². The average molecular weight is 392 g/mol. The van der Waals surface area contributed by atoms with Gasteiger partial charge in [0.1, 0.15) is 0 Å². The molecule has 5 nitrogen and oxygen atoms in total. The maximum atomic E-state index is 13.5. The maximum Gasteiger partial charge on any atom is 0.228 e. The third-order valence-electron chi connectivity index (χ3n) is 6.13. The fourth-order valence-electron chi connectivity index (χ4n) is 4.69. The van der Waals surface area contributed by atoms with Gasteiger partial charge < -0.3 is 15.5 Å². The van der Waals surface area contributed by atoms with Crippen LogP contribution >= 0.6 is 0 Å². The van der Waals surface area contributed by atoms with Crippen molar-refractivity contribution >= 4 is 11.8 Å². The molecule has 0 bridgehead atoms. The molecule has 152 valence electrons. The molecule has 0 aromatic heterocycles. The second kappa shape index (κ2) is 8.78. The molecule has 2 amide bonds. The molecule has 0 spiro atoms. The molecule has 2 aliphatic heterocycles. The average Bonchev–Trinajstić information content (AvgIpc) is 2.76. The number of nitrogens with zero attached hydrogens (tertiary/aromatic N) is 2. The first-order valence-corrected chi connectivity index (χ1v) is 10.6. The zero-order chi connectivity index (χ0) is 20.2. The van der Waals surface area contributed by atoms with Crippen LogP contribution in [0.15, 0.2) is 60.7 Å². The summed E-state index contributed by atoms with van der Waals surface area (Å²) in [4.78, 5) is 30.3. The van der Waals surface area contributed by atoms with Gasteiger partial charge in [-0.2, -0.15) is 0 Å². The van der Waals surface area contributed by atoms with Gasteiger partial charge in [0.05, 0.1) is 12.0 Å². The van der Waals surface area contributed by atoms with E-state index in [1.165, 1.54) is 0 Å². The Morgan fingerprint density at radius 3 is 2.38 bits per heavy atom. The zero-order valence-corrected chi connectivity index (χ0v) is 16.7. The lowest BCUT2D eigenvalue weighted by Gasteiger charge is -2.43. The first-order chi connectivity index (χ1) is 14.1. The highest BCUT2D eigenvalue weighted by atomic mass is 16.2. The van der Waals surface area contributed by atoms with Gasteiger partial charge in [0.15, 0.2) is 0 Å². The summed E-state index contributed by atoms with van der Waals surface area (Å²) in [7, 11) is 0. The number of amides is 2. The van der Waals surface area contributed by atoms with E-state index in [2.05, 4.69) is 0 Å². The first-order valence-electron chi connectivity index (χ1n) is 10.6. The van der Waals surface area contributed by atoms with E-state index >= 15 is 0 Å². The largest absolute Gasteiger partial charge is 0.341 e. The maximum absolute atomic E-state index is 13.5. The molecule has 0 radical (unpaired) electrons. The van der Waals surface area contributed by atoms with Gasteiger partial charge in [0, 0.05) is 32.1 Å². The Morgan fingerprint density at radius 2 is 1.69 bits per heavy atom. The fraction of sp³-hybridized carbons (Fsp3) is 0.417. The normalized spacial score (nSPS) is 25.1. The van der Waals surface area contributed by atoms with Crippen molar-refractivity contribution in [2.45, 2.75) is 44.3 Å². The highest BCUT2D eigenvalue weighted by Gasteiger charge is 2.42. The fourth-order valence-corrected chi connectivity index (χ4v) is 4.69. The molecule has 3 atom stereocenters. The standard InChI is InChI=1S/C24H29N3O2/c25-20-12-7-15-26(17-20)24(29)21-13-14-22(28)27(16-18-8-3-1-4-9-18)23(21)19-10-5-2-6-11-19/h1-6,8-11,20-21,23H,7,12-17,25H2. The van der Waals surface area contributed by atoms with Crippen molar-refractivity contribution in [2.24, 2.45) is 11.7 Å². The number of rotatable bonds is 4. The van der Waals surface area contributed by atoms with Crippen molar-refractivity contribution in [1.29, 1.82) is 0 Å². The Hall–Kier alpha value is -2.66. The minimum Gasteiger partial charge on any atom is -0.341 e. The number of piperidine rings is 2. The Morgan fingerprint density at radius 1 is 1.00 bits per heavy atom. The van der Waals surface area contributed by atoms with Gasteiger partial charge in [-0.05, 0) is 30.4 Å². The van der Waals surface area contributed by atoms with Crippen molar-refractivity contribution in [1.82, 2.24) is 9.80 Å². The molecule has 5 heteroatoms. The summed E-state index contributed by atoms with van der Waals surface area (Å²) >= 11 is 0. The molecular formula is C24H29N3O2. The van der Waals surface area contributed by atoms with Crippen LogP contribution in [0.3, 0.4) is 0 Å². The van der Waals surface area contributed by atoms with Gasteiger partial charge in [0.25, 0.3) is 0 Å². The summed E-state index contributed by atoms with van der Waals surface area (Å²) in [5.74, 6) is 0.0192. The highest BCUT2D eigenvalue weighted by molar-refractivity contribution is 5.85. The van der Waals surface area contributed by atoms with Gasteiger partial charge in [0.2, 0.25) is 11.8 Å². The second-order valence-electron chi connectivity index (χ2n) is 8.19. The van der Waals surface area contributed by atoms with E-state index in [1.54, 1.807) is 0 Å². The molecule has 2 fully saturated rings. The quantitative estimate of drug-likeness (QED) is 0.871. The minimum atomic E-state index is -0.247. The Kier molecular flexibility index (Phi) is 5.95. The van der Waals surface area contributed by atoms with Gasteiger partial charge in [-0.3, -0.25) is 9.59 Å². The number of hydrogen-bond acceptors (Lipinski definition) is 3. The third kappa shape index (κ3) is 4.35. The first kappa shape index (κ1) is 19.6. The highest BCUT2D eigenvalue weighted by Crippen LogP contribution is 2.39. The lowest BCUT2D eigenvalue weighted by atomic mass is 9.82. The summed E-state index contributed by atoms with van der Waals surface area (Å²) in [6, 6.07) is 19.8. The van der Waals surface area contributed by atoms with E-state index in [0.29, 0.717) is 25.9 Å². The van der Waals surface area contributed by atoms with Crippen LogP contribution in [0, 0.1) is 5.92 Å². The Labute approximate surface area is 172 Å². The molecular weight excluding hydrogens is 362 g/mol. The van der Waals surface area contributed by atoms with Crippen molar-refractivity contribution in [3.8, 4) is 0 Å². The predicted octanol–water partition coefficient (Wildman–Crippen LogP) is 3.12. The summed E-state index contributed by atoms with van der Waals surface area (Å²) in [6.45, 7) is 1.89. The van der Waals surface area contributed by atoms with Gasteiger partial charge in [-0.15, -0.1) is 0 Å². The minimum absolute atomic E-state index is 0.0496. The number of hydrogen-bond donors (Lipinski definition) is 1. The van der Waals surface area contributed by atoms with Crippen molar-refractivity contribution in [3.63, 3.8) is 0 Å². The van der Waals surface area contributed by atoms with Gasteiger partial charge >= 0.3 is 0 Å². The number of likely N-dealkylation sites (tertiary alicyclic amines) is 2. The number of nitrogens with two attached hydrogens (primary N) is 1. The van der Waals surface area contributed by atoms with E-state index in [0.717, 1.165) is 30.5 Å². The number of carbonyl (C=O) groups is 2. The number of carbonyl (C=O) groups excluding carboxylic acids is 2. The van der Waals surface area contributed by atoms with E-state index in [9.17, 15) is 9.59 Å². The smallest absolute Gasteiger partial charge is 0.228 e. The topological polar surface area (TPSA) is 66.6 Å². The monoisotopic (exact) mass is 391 g/mol. The molecule has 29 heavy (non-hydrogen) atoms.